The topological polar surface area (TPSA) is 82.6 Å². The highest BCUT2D eigenvalue weighted by Gasteiger charge is 2.15. The van der Waals surface area contributed by atoms with E-state index in [4.69, 9.17) is 11.6 Å². The second-order valence-corrected chi connectivity index (χ2v) is 8.97. The predicted molar refractivity (Wildman–Crippen MR) is 119 cm³/mol. The van der Waals surface area contributed by atoms with Crippen LogP contribution in [0.2, 0.25) is 4.34 Å². The standard InChI is InChI=1S/C16H20ClFN4O2S2.HI/c1-19-16(20-9-8-12-2-4-13(18)5-3-12)21-10-11-22-26(23,24)15-7-6-14(17)25-15;/h2-7,22H,8-11H2,1H3,(H2,19,20,21);1H. The minimum atomic E-state index is -3.55. The van der Waals surface area contributed by atoms with Gasteiger partial charge in [-0.2, -0.15) is 0 Å². The van der Waals surface area contributed by atoms with Gasteiger partial charge in [0.2, 0.25) is 10.0 Å². The molecular weight excluding hydrogens is 526 g/mol. The maximum atomic E-state index is 12.9. The molecule has 11 heteroatoms. The van der Waals surface area contributed by atoms with Crippen molar-refractivity contribution in [1.29, 1.82) is 0 Å². The van der Waals surface area contributed by atoms with E-state index in [-0.39, 0.29) is 40.5 Å². The molecule has 1 heterocycles. The maximum absolute atomic E-state index is 12.9. The molecule has 0 spiro atoms. The van der Waals surface area contributed by atoms with Gasteiger partial charge in [0.25, 0.3) is 0 Å². The first kappa shape index (κ1) is 24.1. The summed E-state index contributed by atoms with van der Waals surface area (Å²) in [5.41, 5.74) is 1.01. The Balaban J connectivity index is 0.00000364. The fraction of sp³-hybridized carbons (Fsp3) is 0.312. The van der Waals surface area contributed by atoms with Crippen LogP contribution in [0.5, 0.6) is 0 Å². The van der Waals surface area contributed by atoms with Crippen LogP contribution in [0.25, 0.3) is 0 Å². The van der Waals surface area contributed by atoms with Crippen LogP contribution in [0.3, 0.4) is 0 Å². The molecule has 0 aliphatic rings. The van der Waals surface area contributed by atoms with Crippen molar-refractivity contribution in [2.24, 2.45) is 4.99 Å². The Morgan fingerprint density at radius 1 is 1.11 bits per heavy atom. The van der Waals surface area contributed by atoms with E-state index in [0.29, 0.717) is 29.8 Å². The van der Waals surface area contributed by atoms with E-state index in [9.17, 15) is 12.8 Å². The average Bonchev–Trinajstić information content (AvgIpc) is 3.06. The van der Waals surface area contributed by atoms with E-state index in [1.165, 1.54) is 18.2 Å². The summed E-state index contributed by atoms with van der Waals surface area (Å²) in [7, 11) is -1.92. The highest BCUT2D eigenvalue weighted by molar-refractivity contribution is 14.0. The van der Waals surface area contributed by atoms with Crippen molar-refractivity contribution in [2.45, 2.75) is 10.6 Å². The molecule has 0 saturated carbocycles. The van der Waals surface area contributed by atoms with E-state index in [1.807, 2.05) is 0 Å². The van der Waals surface area contributed by atoms with Crippen LogP contribution >= 0.6 is 46.9 Å². The average molecular weight is 547 g/mol. The lowest BCUT2D eigenvalue weighted by atomic mass is 10.1. The van der Waals surface area contributed by atoms with Crippen LogP contribution in [0.4, 0.5) is 4.39 Å². The molecule has 0 atom stereocenters. The summed E-state index contributed by atoms with van der Waals surface area (Å²) < 4.78 is 40.1. The quantitative estimate of drug-likeness (QED) is 0.206. The third-order valence-electron chi connectivity index (χ3n) is 3.37. The van der Waals surface area contributed by atoms with Crippen molar-refractivity contribution in [1.82, 2.24) is 15.4 Å². The van der Waals surface area contributed by atoms with Crippen molar-refractivity contribution >= 4 is 62.9 Å². The van der Waals surface area contributed by atoms with Crippen LogP contribution in [0.15, 0.2) is 45.6 Å². The number of nitrogens with zero attached hydrogens (tertiary/aromatic N) is 1. The van der Waals surface area contributed by atoms with Gasteiger partial charge in [0.1, 0.15) is 10.0 Å². The van der Waals surface area contributed by atoms with Crippen LogP contribution in [0.1, 0.15) is 5.56 Å². The molecule has 2 aromatic rings. The number of hydrogen-bond donors (Lipinski definition) is 3. The van der Waals surface area contributed by atoms with Gasteiger partial charge in [0, 0.05) is 26.7 Å². The zero-order valence-electron chi connectivity index (χ0n) is 14.5. The van der Waals surface area contributed by atoms with Crippen molar-refractivity contribution in [3.8, 4) is 0 Å². The normalized spacial score (nSPS) is 11.7. The van der Waals surface area contributed by atoms with Gasteiger partial charge in [0.05, 0.1) is 4.34 Å². The smallest absolute Gasteiger partial charge is 0.250 e. The minimum absolute atomic E-state index is 0. The molecule has 2 rings (SSSR count). The molecule has 0 fully saturated rings. The molecule has 0 amide bonds. The Kier molecular flexibility index (Phi) is 10.5. The van der Waals surface area contributed by atoms with Crippen molar-refractivity contribution in [3.05, 3.63) is 52.1 Å². The number of sulfonamides is 1. The molecule has 0 unspecified atom stereocenters. The van der Waals surface area contributed by atoms with E-state index in [0.717, 1.165) is 16.9 Å². The molecule has 1 aromatic carbocycles. The summed E-state index contributed by atoms with van der Waals surface area (Å²) in [6.45, 7) is 1.19. The lowest BCUT2D eigenvalue weighted by Gasteiger charge is -2.12. The Bertz CT molecular complexity index is 844. The molecule has 6 nitrogen and oxygen atoms in total. The second-order valence-electron chi connectivity index (χ2n) is 5.26. The lowest BCUT2D eigenvalue weighted by Crippen LogP contribution is -2.42. The molecule has 0 aliphatic carbocycles. The summed E-state index contributed by atoms with van der Waals surface area (Å²) in [6, 6.07) is 9.34. The van der Waals surface area contributed by atoms with Crippen LogP contribution in [-0.2, 0) is 16.4 Å². The number of thiophene rings is 1. The highest BCUT2D eigenvalue weighted by Crippen LogP contribution is 2.25. The molecule has 0 aliphatic heterocycles. The van der Waals surface area contributed by atoms with Gasteiger partial charge >= 0.3 is 0 Å². The SMILES string of the molecule is CN=C(NCCNS(=O)(=O)c1ccc(Cl)s1)NCCc1ccc(F)cc1.I. The van der Waals surface area contributed by atoms with Gasteiger partial charge in [-0.15, -0.1) is 35.3 Å². The molecule has 27 heavy (non-hydrogen) atoms. The third kappa shape index (κ3) is 8.30. The Morgan fingerprint density at radius 2 is 1.78 bits per heavy atom. The van der Waals surface area contributed by atoms with Crippen molar-refractivity contribution in [2.75, 3.05) is 26.7 Å². The van der Waals surface area contributed by atoms with Gasteiger partial charge < -0.3 is 10.6 Å². The highest BCUT2D eigenvalue weighted by atomic mass is 127. The fourth-order valence-corrected chi connectivity index (χ4v) is 4.64. The van der Waals surface area contributed by atoms with E-state index < -0.39 is 10.0 Å². The first-order valence-electron chi connectivity index (χ1n) is 7.84. The first-order valence-corrected chi connectivity index (χ1v) is 10.5. The molecule has 3 N–H and O–H groups in total. The van der Waals surface area contributed by atoms with Gasteiger partial charge in [-0.05, 0) is 36.2 Å². The van der Waals surface area contributed by atoms with Gasteiger partial charge in [0.15, 0.2) is 5.96 Å². The molecular formula is C16H21ClFIN4O2S2. The third-order valence-corrected chi connectivity index (χ3v) is 6.55. The number of halogens is 3. The maximum Gasteiger partial charge on any atom is 0.250 e. The summed E-state index contributed by atoms with van der Waals surface area (Å²) in [5, 5.41) is 6.14. The Morgan fingerprint density at radius 3 is 2.37 bits per heavy atom. The number of guanidine groups is 1. The molecule has 0 bridgehead atoms. The van der Waals surface area contributed by atoms with Gasteiger partial charge in [-0.25, -0.2) is 17.5 Å². The van der Waals surface area contributed by atoms with Crippen LogP contribution < -0.4 is 15.4 Å². The Labute approximate surface area is 184 Å². The minimum Gasteiger partial charge on any atom is -0.356 e. The zero-order chi connectivity index (χ0) is 19.0. The lowest BCUT2D eigenvalue weighted by molar-refractivity contribution is 0.582. The summed E-state index contributed by atoms with van der Waals surface area (Å²) >= 11 is 6.77. The largest absolute Gasteiger partial charge is 0.356 e. The molecule has 0 radical (unpaired) electrons. The van der Waals surface area contributed by atoms with E-state index >= 15 is 0 Å². The zero-order valence-corrected chi connectivity index (χ0v) is 19.3. The van der Waals surface area contributed by atoms with Crippen molar-refractivity contribution < 1.29 is 12.8 Å². The molecule has 150 valence electrons. The van der Waals surface area contributed by atoms with Crippen LogP contribution in [0, 0.1) is 5.82 Å². The summed E-state index contributed by atoms with van der Waals surface area (Å²) in [5.74, 6) is 0.303. The number of benzene rings is 1. The van der Waals surface area contributed by atoms with E-state index in [1.54, 1.807) is 25.2 Å². The van der Waals surface area contributed by atoms with Gasteiger partial charge in [-0.3, -0.25) is 4.99 Å². The monoisotopic (exact) mass is 546 g/mol. The van der Waals surface area contributed by atoms with Crippen molar-refractivity contribution in [3.63, 3.8) is 0 Å². The summed E-state index contributed by atoms with van der Waals surface area (Å²) in [6.07, 6.45) is 0.715. The molecule has 0 saturated heterocycles. The fourth-order valence-electron chi connectivity index (χ4n) is 2.08. The Hall–Kier alpha value is -0.950. The second kappa shape index (κ2) is 11.8. The number of aliphatic imine (C=N–C) groups is 1. The molecule has 1 aromatic heterocycles. The first-order chi connectivity index (χ1) is 12.4. The summed E-state index contributed by atoms with van der Waals surface area (Å²) in [4.78, 5) is 4.07. The predicted octanol–water partition coefficient (Wildman–Crippen LogP) is 2.84. The number of rotatable bonds is 8. The van der Waals surface area contributed by atoms with Gasteiger partial charge in [-0.1, -0.05) is 23.7 Å². The van der Waals surface area contributed by atoms with E-state index in [2.05, 4.69) is 20.3 Å². The number of nitrogens with one attached hydrogen (secondary N) is 3. The number of hydrogen-bond acceptors (Lipinski definition) is 4. The van der Waals surface area contributed by atoms with Crippen LogP contribution in [-0.4, -0.2) is 41.1 Å².